The van der Waals surface area contributed by atoms with Gasteiger partial charge in [0.25, 0.3) is 0 Å². The Morgan fingerprint density at radius 1 is 1.44 bits per heavy atom. The maximum Gasteiger partial charge on any atom is 0.184 e. The molecule has 0 saturated heterocycles. The number of nitrogens with one attached hydrogen (secondary N) is 1. The van der Waals surface area contributed by atoms with Crippen molar-refractivity contribution in [2.75, 3.05) is 0 Å². The summed E-state index contributed by atoms with van der Waals surface area (Å²) in [6.07, 6.45) is 5.36. The number of hydrogen-bond acceptors (Lipinski definition) is 3. The number of hydrazone groups is 1. The largest absolute Gasteiger partial charge is 0.375 e. The maximum atomic E-state index is 5.25. The Morgan fingerprint density at radius 3 is 2.83 bits per heavy atom. The lowest BCUT2D eigenvalue weighted by atomic mass is 10.1. The van der Waals surface area contributed by atoms with Crippen LogP contribution in [0.5, 0.6) is 0 Å². The molecule has 18 heavy (non-hydrogen) atoms. The topological polar surface area (TPSA) is 68.2 Å². The third-order valence-electron chi connectivity index (χ3n) is 2.27. The van der Waals surface area contributed by atoms with Crippen LogP contribution in [0, 0.1) is 0 Å². The monoisotopic (exact) mass is 259 g/mol. The van der Waals surface area contributed by atoms with E-state index >= 15 is 0 Å². The highest BCUT2D eigenvalue weighted by Crippen LogP contribution is 2.04. The Bertz CT molecular complexity index is 530. The number of nitrogens with zero attached hydrogens (tertiary/aromatic N) is 3. The predicted molar refractivity (Wildman–Crippen MR) is 75.3 cm³/mol. The van der Waals surface area contributed by atoms with Crippen molar-refractivity contribution in [2.45, 2.75) is 6.54 Å². The molecule has 0 unspecified atom stereocenters. The van der Waals surface area contributed by atoms with Gasteiger partial charge in [-0.3, -0.25) is 10.1 Å². The molecule has 1 aromatic heterocycles. The summed E-state index contributed by atoms with van der Waals surface area (Å²) in [5, 5.41) is 8.20. The molecule has 0 aliphatic heterocycles. The zero-order valence-electron chi connectivity index (χ0n) is 9.65. The second-order valence-electron chi connectivity index (χ2n) is 3.68. The van der Waals surface area contributed by atoms with Gasteiger partial charge in [-0.25, -0.2) is 0 Å². The summed E-state index contributed by atoms with van der Waals surface area (Å²) in [5.74, 6) is 0. The summed E-state index contributed by atoms with van der Waals surface area (Å²) in [4.78, 5) is 0. The molecule has 0 aliphatic rings. The van der Waals surface area contributed by atoms with Crippen LogP contribution in [0.2, 0.25) is 0 Å². The molecule has 2 rings (SSSR count). The van der Waals surface area contributed by atoms with Gasteiger partial charge in [0.15, 0.2) is 5.11 Å². The van der Waals surface area contributed by atoms with Gasteiger partial charge in [0.05, 0.1) is 12.8 Å². The standard InChI is InChI=1S/C12H13N5S/c13-12(18)16-14-8-10-2-4-11(5-3-10)9-17-7-1-6-15-17/h1-8H,9H2,(H3,13,16,18). The summed E-state index contributed by atoms with van der Waals surface area (Å²) in [6.45, 7) is 0.759. The van der Waals surface area contributed by atoms with Crippen LogP contribution in [0.25, 0.3) is 0 Å². The minimum atomic E-state index is 0.154. The first-order valence-corrected chi connectivity index (χ1v) is 5.80. The van der Waals surface area contributed by atoms with Gasteiger partial charge in [0.2, 0.25) is 0 Å². The summed E-state index contributed by atoms with van der Waals surface area (Å²) in [5.41, 5.74) is 9.92. The van der Waals surface area contributed by atoms with Crippen molar-refractivity contribution in [3.63, 3.8) is 0 Å². The van der Waals surface area contributed by atoms with Gasteiger partial charge < -0.3 is 5.73 Å². The zero-order chi connectivity index (χ0) is 12.8. The molecular weight excluding hydrogens is 246 g/mol. The lowest BCUT2D eigenvalue weighted by Gasteiger charge is -2.02. The third kappa shape index (κ3) is 3.67. The summed E-state index contributed by atoms with van der Waals surface area (Å²) in [6, 6.07) is 9.92. The summed E-state index contributed by atoms with van der Waals surface area (Å²) >= 11 is 4.64. The van der Waals surface area contributed by atoms with E-state index in [-0.39, 0.29) is 5.11 Å². The average molecular weight is 259 g/mol. The smallest absolute Gasteiger partial charge is 0.184 e. The van der Waals surface area contributed by atoms with Crippen LogP contribution < -0.4 is 11.2 Å². The average Bonchev–Trinajstić information content (AvgIpc) is 2.84. The molecular formula is C12H13N5S. The first-order valence-electron chi connectivity index (χ1n) is 5.39. The SMILES string of the molecule is NC(=S)NN=Cc1ccc(Cn2cccn2)cc1. The first-order chi connectivity index (χ1) is 8.74. The van der Waals surface area contributed by atoms with Crippen molar-refractivity contribution in [3.05, 3.63) is 53.9 Å². The van der Waals surface area contributed by atoms with Crippen LogP contribution in [0.1, 0.15) is 11.1 Å². The predicted octanol–water partition coefficient (Wildman–Crippen LogP) is 1.10. The number of hydrogen-bond donors (Lipinski definition) is 2. The minimum absolute atomic E-state index is 0.154. The Labute approximate surface area is 110 Å². The Hall–Kier alpha value is -2.21. The lowest BCUT2D eigenvalue weighted by molar-refractivity contribution is 0.687. The van der Waals surface area contributed by atoms with Crippen molar-refractivity contribution < 1.29 is 0 Å². The van der Waals surface area contributed by atoms with E-state index in [2.05, 4.69) is 27.8 Å². The second-order valence-corrected chi connectivity index (χ2v) is 4.12. The minimum Gasteiger partial charge on any atom is -0.375 e. The fraction of sp³-hybridized carbons (Fsp3) is 0.0833. The van der Waals surface area contributed by atoms with E-state index in [1.165, 1.54) is 5.56 Å². The number of rotatable bonds is 4. The molecule has 3 N–H and O–H groups in total. The van der Waals surface area contributed by atoms with Crippen molar-refractivity contribution in [1.82, 2.24) is 15.2 Å². The number of thiocarbonyl (C=S) groups is 1. The Kier molecular flexibility index (Phi) is 4.03. The molecule has 5 nitrogen and oxygen atoms in total. The molecule has 0 aliphatic carbocycles. The van der Waals surface area contributed by atoms with Gasteiger partial charge in [-0.15, -0.1) is 0 Å². The van der Waals surface area contributed by atoms with Crippen LogP contribution in [0.4, 0.5) is 0 Å². The van der Waals surface area contributed by atoms with Gasteiger partial charge in [-0.2, -0.15) is 10.2 Å². The van der Waals surface area contributed by atoms with Gasteiger partial charge >= 0.3 is 0 Å². The van der Waals surface area contributed by atoms with Crippen LogP contribution >= 0.6 is 12.2 Å². The summed E-state index contributed by atoms with van der Waals surface area (Å²) in [7, 11) is 0. The zero-order valence-corrected chi connectivity index (χ0v) is 10.5. The van der Waals surface area contributed by atoms with E-state index in [9.17, 15) is 0 Å². The van der Waals surface area contributed by atoms with Crippen molar-refractivity contribution in [2.24, 2.45) is 10.8 Å². The Morgan fingerprint density at radius 2 is 2.22 bits per heavy atom. The van der Waals surface area contributed by atoms with Crippen molar-refractivity contribution in [3.8, 4) is 0 Å². The van der Waals surface area contributed by atoms with Crippen LogP contribution in [0.3, 0.4) is 0 Å². The second kappa shape index (κ2) is 5.92. The molecule has 0 spiro atoms. The van der Waals surface area contributed by atoms with E-state index in [1.54, 1.807) is 12.4 Å². The molecule has 1 heterocycles. The first kappa shape index (κ1) is 12.3. The highest BCUT2D eigenvalue weighted by atomic mass is 32.1. The lowest BCUT2D eigenvalue weighted by Crippen LogP contribution is -2.23. The highest BCUT2D eigenvalue weighted by molar-refractivity contribution is 7.80. The molecule has 0 amide bonds. The van der Waals surface area contributed by atoms with Gasteiger partial charge in [0, 0.05) is 12.4 Å². The number of aromatic nitrogens is 2. The molecule has 2 aromatic rings. The van der Waals surface area contributed by atoms with Crippen LogP contribution in [-0.2, 0) is 6.54 Å². The fourth-order valence-electron chi connectivity index (χ4n) is 1.46. The quantitative estimate of drug-likeness (QED) is 0.490. The molecule has 0 bridgehead atoms. The van der Waals surface area contributed by atoms with Crippen molar-refractivity contribution >= 4 is 23.5 Å². The molecule has 0 atom stereocenters. The van der Waals surface area contributed by atoms with E-state index in [4.69, 9.17) is 5.73 Å². The molecule has 0 fully saturated rings. The van der Waals surface area contributed by atoms with Gasteiger partial charge in [-0.05, 0) is 29.4 Å². The van der Waals surface area contributed by atoms with Crippen LogP contribution in [-0.4, -0.2) is 21.1 Å². The van der Waals surface area contributed by atoms with E-state index in [0.29, 0.717) is 0 Å². The molecule has 6 heteroatoms. The maximum absolute atomic E-state index is 5.25. The normalized spacial score (nSPS) is 10.7. The Balaban J connectivity index is 1.97. The highest BCUT2D eigenvalue weighted by Gasteiger charge is 1.95. The van der Waals surface area contributed by atoms with Crippen molar-refractivity contribution in [1.29, 1.82) is 0 Å². The fourth-order valence-corrected chi connectivity index (χ4v) is 1.51. The van der Waals surface area contributed by atoms with E-state index < -0.39 is 0 Å². The third-order valence-corrected chi connectivity index (χ3v) is 2.36. The molecule has 92 valence electrons. The van der Waals surface area contributed by atoms with Gasteiger partial charge in [0.1, 0.15) is 0 Å². The van der Waals surface area contributed by atoms with Crippen LogP contribution in [0.15, 0.2) is 47.8 Å². The van der Waals surface area contributed by atoms with E-state index in [1.807, 2.05) is 41.2 Å². The van der Waals surface area contributed by atoms with Gasteiger partial charge in [-0.1, -0.05) is 24.3 Å². The van der Waals surface area contributed by atoms with E-state index in [0.717, 1.165) is 12.1 Å². The molecule has 1 aromatic carbocycles. The number of nitrogens with two attached hydrogens (primary N) is 1. The summed E-state index contributed by atoms with van der Waals surface area (Å²) < 4.78 is 1.87. The molecule has 0 saturated carbocycles. The number of benzene rings is 1. The molecule has 0 radical (unpaired) electrons.